The quantitative estimate of drug-likeness (QED) is 0.156. The Morgan fingerprint density at radius 3 is 2.49 bits per heavy atom. The highest BCUT2D eigenvalue weighted by atomic mass is 16.5. The van der Waals surface area contributed by atoms with E-state index < -0.39 is 0 Å². The van der Waals surface area contributed by atoms with E-state index in [1.165, 1.54) is 19.4 Å². The highest BCUT2D eigenvalue weighted by Gasteiger charge is 2.58. The lowest BCUT2D eigenvalue weighted by Gasteiger charge is -2.52. The van der Waals surface area contributed by atoms with E-state index in [0.717, 1.165) is 37.8 Å². The maximum Gasteiger partial charge on any atom is 0.302 e. The molecule has 3 aliphatic carbocycles. The smallest absolute Gasteiger partial charge is 0.302 e. The molecule has 7 atom stereocenters. The lowest BCUT2D eigenvalue weighted by atomic mass is 9.53. The number of esters is 2. The minimum atomic E-state index is -0.296. The second kappa shape index (κ2) is 10.7. The normalized spacial score (nSPS) is 35.5. The van der Waals surface area contributed by atoms with E-state index in [2.05, 4.69) is 37.2 Å². The van der Waals surface area contributed by atoms with Crippen molar-refractivity contribution in [3.8, 4) is 0 Å². The van der Waals surface area contributed by atoms with Crippen LogP contribution in [-0.4, -0.2) is 46.5 Å². The molecule has 0 spiro atoms. The predicted octanol–water partition coefficient (Wildman–Crippen LogP) is 5.36. The number of fused-ring (bicyclic) bond motifs is 2. The first-order valence-electron chi connectivity index (χ1n) is 12.9. The Hall–Kier alpha value is -2.38. The van der Waals surface area contributed by atoms with Gasteiger partial charge in [0.1, 0.15) is 6.10 Å². The zero-order valence-corrected chi connectivity index (χ0v) is 22.0. The molecule has 2 saturated carbocycles. The van der Waals surface area contributed by atoms with Gasteiger partial charge in [-0.1, -0.05) is 49.7 Å². The van der Waals surface area contributed by atoms with Crippen LogP contribution in [-0.2, 0) is 19.1 Å². The summed E-state index contributed by atoms with van der Waals surface area (Å²) in [5, 5.41) is 27.3. The van der Waals surface area contributed by atoms with E-state index in [-0.39, 0.29) is 52.5 Å². The predicted molar refractivity (Wildman–Crippen MR) is 133 cm³/mol. The van der Waals surface area contributed by atoms with E-state index in [1.54, 1.807) is 0 Å². The highest BCUT2D eigenvalue weighted by Crippen LogP contribution is 2.63. The lowest BCUT2D eigenvalue weighted by Crippen LogP contribution is -2.46. The van der Waals surface area contributed by atoms with Gasteiger partial charge in [-0.15, -0.1) is 0 Å². The van der Waals surface area contributed by atoms with Gasteiger partial charge in [0.15, 0.2) is 0 Å². The van der Waals surface area contributed by atoms with Crippen molar-refractivity contribution in [2.24, 2.45) is 44.8 Å². The summed E-state index contributed by atoms with van der Waals surface area (Å²) < 4.78 is 10.6. The van der Waals surface area contributed by atoms with Crippen molar-refractivity contribution in [3.05, 3.63) is 11.6 Å². The number of hydrogen-bond donors (Lipinski definition) is 2. The molecule has 0 radical (unpaired) electrons. The number of rotatable bonds is 8. The number of nitrogens with zero attached hydrogens (tertiary/aromatic N) is 2. The van der Waals surface area contributed by atoms with Crippen LogP contribution in [0.2, 0.25) is 0 Å². The molecule has 2 N–H and O–H groups in total. The molecule has 0 aromatic rings. The van der Waals surface area contributed by atoms with Gasteiger partial charge in [0.25, 0.3) is 0 Å². The molecule has 0 aromatic heterocycles. The Kier molecular flexibility index (Phi) is 8.32. The summed E-state index contributed by atoms with van der Waals surface area (Å²) in [6.07, 6.45) is 7.76. The fraction of sp³-hybridized carbons (Fsp3) is 0.778. The molecule has 0 saturated heterocycles. The lowest BCUT2D eigenvalue weighted by molar-refractivity contribution is -0.148. The Bertz CT molecular complexity index is 911. The molecule has 0 amide bonds. The van der Waals surface area contributed by atoms with Gasteiger partial charge in [0, 0.05) is 32.1 Å². The molecule has 0 aliphatic heterocycles. The van der Waals surface area contributed by atoms with E-state index in [4.69, 9.17) is 9.47 Å². The first-order valence-corrected chi connectivity index (χ1v) is 12.9. The maximum atomic E-state index is 11.5. The van der Waals surface area contributed by atoms with Crippen LogP contribution in [0, 0.1) is 34.5 Å². The summed E-state index contributed by atoms with van der Waals surface area (Å²) >= 11 is 0. The van der Waals surface area contributed by atoms with E-state index in [1.807, 2.05) is 6.92 Å². The standard InChI is InChI=1S/C27H42N2O6/c1-16(14-34-18(3)30)7-8-23(28-32)17(2)25-24(29-33)13-21-11-20-12-22(35-19(4)31)9-10-26(20,5)15-27(21,25)6/h11,16-17,21-22,25,32-33H,7-10,12-15H2,1-6H3/b28-23+,29-24+. The van der Waals surface area contributed by atoms with Crippen molar-refractivity contribution in [1.29, 1.82) is 0 Å². The number of hydrogen-bond acceptors (Lipinski definition) is 8. The summed E-state index contributed by atoms with van der Waals surface area (Å²) in [5.74, 6) is -0.321. The third kappa shape index (κ3) is 5.72. The molecule has 0 bridgehead atoms. The summed E-state index contributed by atoms with van der Waals surface area (Å²) in [6.45, 7) is 11.9. The molecule has 2 fully saturated rings. The number of allylic oxidation sites excluding steroid dienone is 1. The summed E-state index contributed by atoms with van der Waals surface area (Å²) in [5.41, 5.74) is 2.64. The van der Waals surface area contributed by atoms with Gasteiger partial charge in [-0.3, -0.25) is 9.59 Å². The van der Waals surface area contributed by atoms with Crippen LogP contribution in [0.1, 0.15) is 86.5 Å². The fourth-order valence-electron chi connectivity index (χ4n) is 7.07. The molecule has 0 heterocycles. The molecule has 3 aliphatic rings. The summed E-state index contributed by atoms with van der Waals surface area (Å²) in [7, 11) is 0. The van der Waals surface area contributed by atoms with Gasteiger partial charge >= 0.3 is 11.9 Å². The number of ether oxygens (including phenoxy) is 2. The molecule has 8 heteroatoms. The van der Waals surface area contributed by atoms with Crippen LogP contribution in [0.5, 0.6) is 0 Å². The van der Waals surface area contributed by atoms with Gasteiger partial charge in [0.05, 0.1) is 18.0 Å². The largest absolute Gasteiger partial charge is 0.466 e. The van der Waals surface area contributed by atoms with Crippen LogP contribution in [0.25, 0.3) is 0 Å². The molecule has 196 valence electrons. The van der Waals surface area contributed by atoms with E-state index in [9.17, 15) is 20.0 Å². The van der Waals surface area contributed by atoms with Crippen molar-refractivity contribution in [2.45, 2.75) is 92.6 Å². The Morgan fingerprint density at radius 2 is 1.89 bits per heavy atom. The third-order valence-corrected chi connectivity index (χ3v) is 8.84. The van der Waals surface area contributed by atoms with Crippen molar-refractivity contribution >= 4 is 23.4 Å². The molecular weight excluding hydrogens is 448 g/mol. The molecular formula is C27H42N2O6. The van der Waals surface area contributed by atoms with E-state index >= 15 is 0 Å². The summed E-state index contributed by atoms with van der Waals surface area (Å²) in [6, 6.07) is 0. The van der Waals surface area contributed by atoms with Gasteiger partial charge in [0.2, 0.25) is 0 Å². The molecule has 0 aromatic carbocycles. The van der Waals surface area contributed by atoms with Gasteiger partial charge < -0.3 is 19.9 Å². The Balaban J connectivity index is 1.80. The monoisotopic (exact) mass is 490 g/mol. The maximum absolute atomic E-state index is 11.5. The van der Waals surface area contributed by atoms with Crippen molar-refractivity contribution < 1.29 is 29.5 Å². The van der Waals surface area contributed by atoms with Gasteiger partial charge in [-0.2, -0.15) is 0 Å². The number of carbonyl (C=O) groups excluding carboxylic acids is 2. The average Bonchev–Trinajstić information content (AvgIpc) is 3.06. The SMILES string of the molecule is CC(=O)OCC(C)CC/C(=N\O)C(C)C1/C(=N/O)CC2C=C3CC(OC(C)=O)CCC3(C)CC21C. The van der Waals surface area contributed by atoms with Crippen LogP contribution < -0.4 is 0 Å². The third-order valence-electron chi connectivity index (χ3n) is 8.84. The summed E-state index contributed by atoms with van der Waals surface area (Å²) in [4.78, 5) is 22.6. The van der Waals surface area contributed by atoms with Crippen LogP contribution in [0.4, 0.5) is 0 Å². The second-order valence-corrected chi connectivity index (χ2v) is 11.6. The van der Waals surface area contributed by atoms with Crippen molar-refractivity contribution in [3.63, 3.8) is 0 Å². The van der Waals surface area contributed by atoms with Crippen LogP contribution in [0.3, 0.4) is 0 Å². The molecule has 7 unspecified atom stereocenters. The average molecular weight is 491 g/mol. The van der Waals surface area contributed by atoms with Crippen LogP contribution >= 0.6 is 0 Å². The van der Waals surface area contributed by atoms with Gasteiger partial charge in [-0.05, 0) is 61.2 Å². The first kappa shape index (κ1) is 27.2. The molecule has 35 heavy (non-hydrogen) atoms. The minimum Gasteiger partial charge on any atom is -0.466 e. The highest BCUT2D eigenvalue weighted by molar-refractivity contribution is 5.97. The van der Waals surface area contributed by atoms with E-state index in [0.29, 0.717) is 25.2 Å². The Labute approximate surface area is 208 Å². The number of carbonyl (C=O) groups is 2. The zero-order valence-electron chi connectivity index (χ0n) is 22.0. The molecule has 3 rings (SSSR count). The fourth-order valence-corrected chi connectivity index (χ4v) is 7.07. The van der Waals surface area contributed by atoms with Crippen molar-refractivity contribution in [1.82, 2.24) is 0 Å². The van der Waals surface area contributed by atoms with Crippen molar-refractivity contribution in [2.75, 3.05) is 6.61 Å². The topological polar surface area (TPSA) is 118 Å². The minimum absolute atomic E-state index is 0.000160. The first-order chi connectivity index (χ1) is 16.4. The second-order valence-electron chi connectivity index (χ2n) is 11.6. The zero-order chi connectivity index (χ0) is 26.0. The van der Waals surface area contributed by atoms with Gasteiger partial charge in [-0.25, -0.2) is 0 Å². The molecule has 8 nitrogen and oxygen atoms in total. The Morgan fingerprint density at radius 1 is 1.17 bits per heavy atom. The van der Waals surface area contributed by atoms with Crippen LogP contribution in [0.15, 0.2) is 22.0 Å². The number of oxime groups is 2.